The molecule has 0 aromatic carbocycles. The fraction of sp³-hybridized carbons (Fsp3) is 1.00. The molecule has 10 heavy (non-hydrogen) atoms. The third-order valence-corrected chi connectivity index (χ3v) is 6.29. The fourth-order valence-corrected chi connectivity index (χ4v) is 3.82. The van der Waals surface area contributed by atoms with E-state index >= 15 is 0 Å². The predicted octanol–water partition coefficient (Wildman–Crippen LogP) is 3.44. The summed E-state index contributed by atoms with van der Waals surface area (Å²) in [4.78, 5) is 0.634. The molecule has 0 amide bonds. The SMILES string of the molecule is CCC1(C)S[C@]1(C)[C@@H](C)Br. The maximum absolute atomic E-state index is 3.65. The van der Waals surface area contributed by atoms with Crippen molar-refractivity contribution in [2.75, 3.05) is 0 Å². The van der Waals surface area contributed by atoms with E-state index in [0.717, 1.165) is 0 Å². The summed E-state index contributed by atoms with van der Waals surface area (Å²) in [5.41, 5.74) is 0. The van der Waals surface area contributed by atoms with Gasteiger partial charge >= 0.3 is 0 Å². The molecule has 0 aliphatic carbocycles. The topological polar surface area (TPSA) is 0 Å². The predicted molar refractivity (Wildman–Crippen MR) is 53.1 cm³/mol. The molecule has 1 heterocycles. The Kier molecular flexibility index (Phi) is 2.15. The van der Waals surface area contributed by atoms with Crippen molar-refractivity contribution in [2.24, 2.45) is 0 Å². The maximum atomic E-state index is 3.65. The molecule has 0 aromatic heterocycles. The van der Waals surface area contributed by atoms with E-state index in [9.17, 15) is 0 Å². The molecule has 2 heteroatoms. The molecular weight excluding hydrogens is 208 g/mol. The molecule has 0 bridgehead atoms. The summed E-state index contributed by atoms with van der Waals surface area (Å²) in [6.45, 7) is 9.22. The van der Waals surface area contributed by atoms with Gasteiger partial charge < -0.3 is 0 Å². The second-order valence-corrected chi connectivity index (χ2v) is 6.74. The lowest BCUT2D eigenvalue weighted by Crippen LogP contribution is -2.26. The quantitative estimate of drug-likeness (QED) is 0.510. The monoisotopic (exact) mass is 222 g/mol. The zero-order chi connectivity index (χ0) is 7.99. The maximum Gasteiger partial charge on any atom is 0.0404 e. The molecule has 1 fully saturated rings. The largest absolute Gasteiger partial charge is 0.145 e. The lowest BCUT2D eigenvalue weighted by molar-refractivity contribution is 0.551. The van der Waals surface area contributed by atoms with E-state index in [0.29, 0.717) is 14.3 Å². The van der Waals surface area contributed by atoms with Crippen LogP contribution in [0, 0.1) is 0 Å². The number of hydrogen-bond acceptors (Lipinski definition) is 1. The number of alkyl halides is 1. The van der Waals surface area contributed by atoms with Crippen LogP contribution in [-0.4, -0.2) is 14.3 Å². The van der Waals surface area contributed by atoms with Crippen LogP contribution in [0.2, 0.25) is 0 Å². The van der Waals surface area contributed by atoms with Gasteiger partial charge in [-0.15, -0.1) is 11.8 Å². The minimum atomic E-state index is 0.488. The average Bonchev–Trinajstić information content (AvgIpc) is 2.39. The van der Waals surface area contributed by atoms with E-state index < -0.39 is 0 Å². The highest BCUT2D eigenvalue weighted by Gasteiger charge is 2.63. The third kappa shape index (κ3) is 1.04. The van der Waals surface area contributed by atoms with Crippen LogP contribution in [0.5, 0.6) is 0 Å². The van der Waals surface area contributed by atoms with Crippen molar-refractivity contribution < 1.29 is 0 Å². The summed E-state index contributed by atoms with van der Waals surface area (Å²) in [5, 5.41) is 0. The van der Waals surface area contributed by atoms with Crippen LogP contribution in [0.25, 0.3) is 0 Å². The van der Waals surface area contributed by atoms with E-state index in [1.165, 1.54) is 6.42 Å². The molecule has 1 unspecified atom stereocenters. The van der Waals surface area contributed by atoms with Crippen molar-refractivity contribution in [1.82, 2.24) is 0 Å². The van der Waals surface area contributed by atoms with Gasteiger partial charge in [0.15, 0.2) is 0 Å². The number of thioether (sulfide) groups is 1. The van der Waals surface area contributed by atoms with Crippen LogP contribution in [0.3, 0.4) is 0 Å². The lowest BCUT2D eigenvalue weighted by atomic mass is 9.92. The average molecular weight is 223 g/mol. The van der Waals surface area contributed by atoms with E-state index in [4.69, 9.17) is 0 Å². The normalized spacial score (nSPS) is 48.9. The van der Waals surface area contributed by atoms with Crippen molar-refractivity contribution in [2.45, 2.75) is 48.4 Å². The summed E-state index contributed by atoms with van der Waals surface area (Å²) >= 11 is 5.76. The first-order valence-corrected chi connectivity index (χ1v) is 5.54. The Balaban J connectivity index is 2.63. The van der Waals surface area contributed by atoms with Gasteiger partial charge in [0.25, 0.3) is 0 Å². The highest BCUT2D eigenvalue weighted by molar-refractivity contribution is 9.09. The zero-order valence-electron chi connectivity index (χ0n) is 7.07. The Morgan fingerprint density at radius 3 is 2.10 bits per heavy atom. The van der Waals surface area contributed by atoms with Gasteiger partial charge in [0.05, 0.1) is 0 Å². The van der Waals surface area contributed by atoms with E-state index in [1.807, 2.05) is 0 Å². The Labute approximate surface area is 76.3 Å². The second kappa shape index (κ2) is 2.41. The van der Waals surface area contributed by atoms with E-state index in [1.54, 1.807) is 0 Å². The highest BCUT2D eigenvalue weighted by atomic mass is 79.9. The molecule has 1 saturated heterocycles. The van der Waals surface area contributed by atoms with Crippen LogP contribution in [-0.2, 0) is 0 Å². The van der Waals surface area contributed by atoms with Crippen molar-refractivity contribution in [3.8, 4) is 0 Å². The van der Waals surface area contributed by atoms with Gasteiger partial charge in [-0.1, -0.05) is 29.8 Å². The van der Waals surface area contributed by atoms with Gasteiger partial charge in [-0.05, 0) is 20.3 Å². The number of rotatable bonds is 2. The fourth-order valence-electron chi connectivity index (χ4n) is 1.37. The molecule has 60 valence electrons. The number of halogens is 1. The first-order chi connectivity index (χ1) is 4.46. The summed E-state index contributed by atoms with van der Waals surface area (Å²) < 4.78 is 1.03. The first-order valence-electron chi connectivity index (χ1n) is 3.80. The highest BCUT2D eigenvalue weighted by Crippen LogP contribution is 2.68. The molecular formula is C8H15BrS. The molecule has 0 nitrogen and oxygen atoms in total. The smallest absolute Gasteiger partial charge is 0.0404 e. The van der Waals surface area contributed by atoms with Gasteiger partial charge in [-0.3, -0.25) is 0 Å². The Bertz CT molecular complexity index is 146. The molecule has 0 spiro atoms. The lowest BCUT2D eigenvalue weighted by Gasteiger charge is -2.16. The van der Waals surface area contributed by atoms with E-state index in [-0.39, 0.29) is 0 Å². The Morgan fingerprint density at radius 2 is 2.00 bits per heavy atom. The third-order valence-electron chi connectivity index (χ3n) is 2.88. The minimum Gasteiger partial charge on any atom is -0.145 e. The summed E-state index contributed by atoms with van der Waals surface area (Å²) in [6.07, 6.45) is 1.28. The molecule has 1 aliphatic heterocycles. The van der Waals surface area contributed by atoms with Gasteiger partial charge in [0.1, 0.15) is 0 Å². The second-order valence-electron chi connectivity index (χ2n) is 3.41. The standard InChI is InChI=1S/C8H15BrS/c1-5-7(3)8(4,10-7)6(2)9/h6H,5H2,1-4H3/t6-,7?,8-/m1/s1. The van der Waals surface area contributed by atoms with Crippen LogP contribution in [0.1, 0.15) is 34.1 Å². The van der Waals surface area contributed by atoms with Crippen LogP contribution >= 0.6 is 27.7 Å². The van der Waals surface area contributed by atoms with Crippen LogP contribution < -0.4 is 0 Å². The zero-order valence-corrected chi connectivity index (χ0v) is 9.47. The van der Waals surface area contributed by atoms with Crippen molar-refractivity contribution in [3.05, 3.63) is 0 Å². The Morgan fingerprint density at radius 1 is 1.50 bits per heavy atom. The molecule has 0 saturated carbocycles. The van der Waals surface area contributed by atoms with Crippen molar-refractivity contribution in [1.29, 1.82) is 0 Å². The van der Waals surface area contributed by atoms with Crippen LogP contribution in [0.15, 0.2) is 0 Å². The molecule has 1 aliphatic rings. The molecule has 3 atom stereocenters. The molecule has 0 aromatic rings. The van der Waals surface area contributed by atoms with Gasteiger partial charge in [0.2, 0.25) is 0 Å². The van der Waals surface area contributed by atoms with Gasteiger partial charge in [-0.2, -0.15) is 0 Å². The molecule has 1 rings (SSSR count). The minimum absolute atomic E-state index is 0.488. The Hall–Kier alpha value is 0.830. The van der Waals surface area contributed by atoms with Gasteiger partial charge in [-0.25, -0.2) is 0 Å². The van der Waals surface area contributed by atoms with Crippen LogP contribution in [0.4, 0.5) is 0 Å². The summed E-state index contributed by atoms with van der Waals surface area (Å²) in [7, 11) is 0. The molecule has 0 radical (unpaired) electrons. The van der Waals surface area contributed by atoms with Crippen molar-refractivity contribution in [3.63, 3.8) is 0 Å². The summed E-state index contributed by atoms with van der Waals surface area (Å²) in [6, 6.07) is 0. The van der Waals surface area contributed by atoms with E-state index in [2.05, 4.69) is 55.4 Å². The summed E-state index contributed by atoms with van der Waals surface area (Å²) in [5.74, 6) is 0. The first kappa shape index (κ1) is 8.92. The van der Waals surface area contributed by atoms with Crippen molar-refractivity contribution >= 4 is 27.7 Å². The number of hydrogen-bond donors (Lipinski definition) is 0. The molecule has 0 N–H and O–H groups in total. The van der Waals surface area contributed by atoms with Gasteiger partial charge in [0, 0.05) is 14.3 Å².